The molecule has 1 aliphatic rings. The Balaban J connectivity index is 1.74. The van der Waals surface area contributed by atoms with Crippen molar-refractivity contribution in [1.29, 1.82) is 0 Å². The summed E-state index contributed by atoms with van der Waals surface area (Å²) in [6.45, 7) is 3.52. The van der Waals surface area contributed by atoms with Gasteiger partial charge in [-0.3, -0.25) is 14.9 Å². The number of amides is 1. The third kappa shape index (κ3) is 4.00. The first-order valence-corrected chi connectivity index (χ1v) is 8.47. The van der Waals surface area contributed by atoms with E-state index in [9.17, 15) is 14.9 Å². The Bertz CT molecular complexity index is 786. The highest BCUT2D eigenvalue weighted by Gasteiger charge is 2.18. The third-order valence-electron chi connectivity index (χ3n) is 4.42. The topological polar surface area (TPSA) is 75.9 Å². The fourth-order valence-corrected chi connectivity index (χ4v) is 3.03. The highest BCUT2D eigenvalue weighted by molar-refractivity contribution is 5.94. The Morgan fingerprint density at radius 3 is 2.46 bits per heavy atom. The van der Waals surface area contributed by atoms with Crippen LogP contribution in [0.4, 0.5) is 11.4 Å². The number of ether oxygens (including phenoxy) is 1. The van der Waals surface area contributed by atoms with Crippen LogP contribution in [0.5, 0.6) is 0 Å². The lowest BCUT2D eigenvalue weighted by Gasteiger charge is -2.31. The summed E-state index contributed by atoms with van der Waals surface area (Å²) in [7, 11) is 1.74. The molecule has 7 heteroatoms. The van der Waals surface area contributed by atoms with E-state index in [1.165, 1.54) is 24.3 Å². The maximum absolute atomic E-state index is 12.6. The van der Waals surface area contributed by atoms with Crippen molar-refractivity contribution in [3.8, 4) is 0 Å². The molecule has 0 aliphatic carbocycles. The summed E-state index contributed by atoms with van der Waals surface area (Å²) < 4.78 is 5.41. The zero-order chi connectivity index (χ0) is 18.5. The molecule has 0 aromatic heterocycles. The fraction of sp³-hybridized carbons (Fsp3) is 0.316. The molecular formula is C19H21N3O4. The predicted octanol–water partition coefficient (Wildman–Crippen LogP) is 2.70. The molecule has 0 saturated carbocycles. The number of carbonyl (C=O) groups is 1. The molecule has 0 N–H and O–H groups in total. The SMILES string of the molecule is CN(Cc1ccccc1N1CCOCC1)C(=O)c1ccc([N+](=O)[O-])cc1. The Morgan fingerprint density at radius 2 is 1.81 bits per heavy atom. The summed E-state index contributed by atoms with van der Waals surface area (Å²) in [6, 6.07) is 13.7. The minimum atomic E-state index is -0.476. The lowest BCUT2D eigenvalue weighted by molar-refractivity contribution is -0.384. The molecule has 0 unspecified atom stereocenters. The van der Waals surface area contributed by atoms with E-state index in [1.807, 2.05) is 18.2 Å². The Kier molecular flexibility index (Phi) is 5.48. The van der Waals surface area contributed by atoms with E-state index in [-0.39, 0.29) is 11.6 Å². The first-order chi connectivity index (χ1) is 12.6. The normalized spacial score (nSPS) is 14.1. The van der Waals surface area contributed by atoms with Gasteiger partial charge in [-0.25, -0.2) is 0 Å². The molecule has 1 saturated heterocycles. The molecule has 7 nitrogen and oxygen atoms in total. The first kappa shape index (κ1) is 17.9. The summed E-state index contributed by atoms with van der Waals surface area (Å²) in [6.07, 6.45) is 0. The van der Waals surface area contributed by atoms with Crippen LogP contribution in [0, 0.1) is 10.1 Å². The van der Waals surface area contributed by atoms with Gasteiger partial charge in [0.1, 0.15) is 0 Å². The fourth-order valence-electron chi connectivity index (χ4n) is 3.03. The van der Waals surface area contributed by atoms with Crippen molar-refractivity contribution in [3.63, 3.8) is 0 Å². The van der Waals surface area contributed by atoms with E-state index in [4.69, 9.17) is 4.74 Å². The van der Waals surface area contributed by atoms with Crippen LogP contribution >= 0.6 is 0 Å². The van der Waals surface area contributed by atoms with Crippen LogP contribution in [0.3, 0.4) is 0 Å². The first-order valence-electron chi connectivity index (χ1n) is 8.47. The Labute approximate surface area is 151 Å². The monoisotopic (exact) mass is 355 g/mol. The number of non-ortho nitro benzene ring substituents is 1. The van der Waals surface area contributed by atoms with E-state index < -0.39 is 4.92 Å². The lowest BCUT2D eigenvalue weighted by atomic mass is 10.1. The molecular weight excluding hydrogens is 334 g/mol. The van der Waals surface area contributed by atoms with Crippen LogP contribution in [-0.4, -0.2) is 49.1 Å². The zero-order valence-corrected chi connectivity index (χ0v) is 14.6. The smallest absolute Gasteiger partial charge is 0.269 e. The summed E-state index contributed by atoms with van der Waals surface area (Å²) in [4.78, 5) is 26.8. The van der Waals surface area contributed by atoms with Crippen molar-refractivity contribution < 1.29 is 14.5 Å². The lowest BCUT2D eigenvalue weighted by Crippen LogP contribution is -2.37. The van der Waals surface area contributed by atoms with Gasteiger partial charge in [-0.2, -0.15) is 0 Å². The second-order valence-electron chi connectivity index (χ2n) is 6.19. The van der Waals surface area contributed by atoms with E-state index >= 15 is 0 Å². The highest BCUT2D eigenvalue weighted by Crippen LogP contribution is 2.23. The minimum absolute atomic E-state index is 0.0260. The van der Waals surface area contributed by atoms with Gasteiger partial charge in [0.15, 0.2) is 0 Å². The number of benzene rings is 2. The molecule has 2 aromatic carbocycles. The second-order valence-corrected chi connectivity index (χ2v) is 6.19. The number of rotatable bonds is 5. The Morgan fingerprint density at radius 1 is 1.15 bits per heavy atom. The van der Waals surface area contributed by atoms with Crippen molar-refractivity contribution in [1.82, 2.24) is 4.90 Å². The molecule has 2 aromatic rings. The van der Waals surface area contributed by atoms with E-state index in [1.54, 1.807) is 11.9 Å². The number of nitro benzene ring substituents is 1. The highest BCUT2D eigenvalue weighted by atomic mass is 16.6. The van der Waals surface area contributed by atoms with Gasteiger partial charge in [0, 0.05) is 50.1 Å². The average molecular weight is 355 g/mol. The van der Waals surface area contributed by atoms with Crippen molar-refractivity contribution in [2.75, 3.05) is 38.3 Å². The molecule has 1 amide bonds. The molecule has 26 heavy (non-hydrogen) atoms. The van der Waals surface area contributed by atoms with Crippen molar-refractivity contribution in [3.05, 3.63) is 69.8 Å². The van der Waals surface area contributed by atoms with Crippen LogP contribution in [0.15, 0.2) is 48.5 Å². The summed E-state index contributed by atoms with van der Waals surface area (Å²) >= 11 is 0. The summed E-state index contributed by atoms with van der Waals surface area (Å²) in [5.74, 6) is -0.170. The molecule has 0 atom stereocenters. The van der Waals surface area contributed by atoms with Gasteiger partial charge in [-0.1, -0.05) is 18.2 Å². The molecule has 0 bridgehead atoms. The van der Waals surface area contributed by atoms with Gasteiger partial charge in [0.05, 0.1) is 18.1 Å². The molecule has 136 valence electrons. The predicted molar refractivity (Wildman–Crippen MR) is 98.4 cm³/mol. The molecule has 1 heterocycles. The van der Waals surface area contributed by atoms with Crippen molar-refractivity contribution >= 4 is 17.3 Å². The summed E-state index contributed by atoms with van der Waals surface area (Å²) in [5.41, 5.74) is 2.58. The number of nitrogens with zero attached hydrogens (tertiary/aromatic N) is 3. The molecule has 3 rings (SSSR count). The van der Waals surface area contributed by atoms with Crippen LogP contribution in [-0.2, 0) is 11.3 Å². The maximum Gasteiger partial charge on any atom is 0.269 e. The number of para-hydroxylation sites is 1. The molecule has 1 fully saturated rings. The average Bonchev–Trinajstić information content (AvgIpc) is 2.68. The summed E-state index contributed by atoms with van der Waals surface area (Å²) in [5, 5.41) is 10.7. The number of hydrogen-bond donors (Lipinski definition) is 0. The minimum Gasteiger partial charge on any atom is -0.378 e. The van der Waals surface area contributed by atoms with Crippen LogP contribution in [0.25, 0.3) is 0 Å². The van der Waals surface area contributed by atoms with Gasteiger partial charge < -0.3 is 14.5 Å². The molecule has 0 radical (unpaired) electrons. The van der Waals surface area contributed by atoms with E-state index in [0.717, 1.165) is 24.3 Å². The quantitative estimate of drug-likeness (QED) is 0.609. The van der Waals surface area contributed by atoms with Gasteiger partial charge in [-0.15, -0.1) is 0 Å². The third-order valence-corrected chi connectivity index (χ3v) is 4.42. The maximum atomic E-state index is 12.6. The number of anilines is 1. The van der Waals surface area contributed by atoms with Gasteiger partial charge in [0.25, 0.3) is 11.6 Å². The van der Waals surface area contributed by atoms with E-state index in [0.29, 0.717) is 25.3 Å². The standard InChI is InChI=1S/C19H21N3O4/c1-20(19(23)15-6-8-17(9-7-15)22(24)25)14-16-4-2-3-5-18(16)21-10-12-26-13-11-21/h2-9H,10-14H2,1H3. The van der Waals surface area contributed by atoms with E-state index in [2.05, 4.69) is 11.0 Å². The van der Waals surface area contributed by atoms with Crippen molar-refractivity contribution in [2.45, 2.75) is 6.54 Å². The second kappa shape index (κ2) is 7.97. The number of carbonyl (C=O) groups excluding carboxylic acids is 1. The van der Waals surface area contributed by atoms with Crippen LogP contribution in [0.1, 0.15) is 15.9 Å². The molecule has 1 aliphatic heterocycles. The van der Waals surface area contributed by atoms with Crippen LogP contribution < -0.4 is 4.90 Å². The number of morpholine rings is 1. The molecule has 0 spiro atoms. The van der Waals surface area contributed by atoms with Gasteiger partial charge in [0.2, 0.25) is 0 Å². The zero-order valence-electron chi connectivity index (χ0n) is 14.6. The van der Waals surface area contributed by atoms with Gasteiger partial charge >= 0.3 is 0 Å². The number of hydrogen-bond acceptors (Lipinski definition) is 5. The van der Waals surface area contributed by atoms with Gasteiger partial charge in [-0.05, 0) is 23.8 Å². The largest absolute Gasteiger partial charge is 0.378 e. The Hall–Kier alpha value is -2.93. The van der Waals surface area contributed by atoms with Crippen LogP contribution in [0.2, 0.25) is 0 Å². The number of nitro groups is 1. The van der Waals surface area contributed by atoms with Crippen molar-refractivity contribution in [2.24, 2.45) is 0 Å².